The van der Waals surface area contributed by atoms with E-state index in [1.807, 2.05) is 0 Å². The highest BCUT2D eigenvalue weighted by Gasteiger charge is 2.31. The maximum Gasteiger partial charge on any atom is 0.573 e. The number of aromatic nitrogens is 1. The summed E-state index contributed by atoms with van der Waals surface area (Å²) in [5.41, 5.74) is 0.744. The lowest BCUT2D eigenvalue weighted by atomic mass is 10.1. The zero-order chi connectivity index (χ0) is 21.0. The zero-order valence-electron chi connectivity index (χ0n) is 15.4. The van der Waals surface area contributed by atoms with Crippen molar-refractivity contribution in [2.45, 2.75) is 25.7 Å². The van der Waals surface area contributed by atoms with Gasteiger partial charge in [0.15, 0.2) is 0 Å². The van der Waals surface area contributed by atoms with Crippen molar-refractivity contribution < 1.29 is 32.2 Å². The molecule has 2 aromatic rings. The average molecular weight is 409 g/mol. The van der Waals surface area contributed by atoms with Gasteiger partial charge in [0, 0.05) is 35.9 Å². The molecule has 154 valence electrons. The van der Waals surface area contributed by atoms with Crippen molar-refractivity contribution in [3.8, 4) is 11.5 Å². The Morgan fingerprint density at radius 2 is 1.97 bits per heavy atom. The number of carbonyl (C=O) groups is 2. The molecule has 10 heteroatoms. The van der Waals surface area contributed by atoms with Crippen LogP contribution in [0.3, 0.4) is 0 Å². The summed E-state index contributed by atoms with van der Waals surface area (Å²) in [6, 6.07) is 6.53. The van der Waals surface area contributed by atoms with Crippen molar-refractivity contribution >= 4 is 17.6 Å². The molecule has 0 spiro atoms. The maximum atomic E-state index is 12.4. The molecule has 3 rings (SSSR count). The van der Waals surface area contributed by atoms with Crippen molar-refractivity contribution in [2.75, 3.05) is 12.4 Å². The number of pyridine rings is 1. The molecule has 0 bridgehead atoms. The molecule has 1 saturated carbocycles. The van der Waals surface area contributed by atoms with Gasteiger partial charge in [-0.25, -0.2) is 4.98 Å². The monoisotopic (exact) mass is 409 g/mol. The van der Waals surface area contributed by atoms with E-state index >= 15 is 0 Å². The van der Waals surface area contributed by atoms with E-state index in [2.05, 4.69) is 20.4 Å². The first-order valence-corrected chi connectivity index (χ1v) is 8.73. The van der Waals surface area contributed by atoms with Crippen molar-refractivity contribution in [1.82, 2.24) is 10.3 Å². The standard InChI is InChI=1S/C19H18F3N3O4/c1-28-15-9-14(29-19(20,21)22)5-4-13(15)10-24-17(26)12-6-7-23-16(8-12)25-18(27)11-2-3-11/h4-9,11H,2-3,10H2,1H3,(H,24,26)(H,23,25,27). The number of nitrogens with zero attached hydrogens (tertiary/aromatic N) is 1. The summed E-state index contributed by atoms with van der Waals surface area (Å²) in [6.45, 7) is 0.0143. The predicted molar refractivity (Wildman–Crippen MR) is 96.4 cm³/mol. The summed E-state index contributed by atoms with van der Waals surface area (Å²) in [5.74, 6) is -0.562. The number of anilines is 1. The third-order valence-electron chi connectivity index (χ3n) is 4.15. The summed E-state index contributed by atoms with van der Waals surface area (Å²) < 4.78 is 45.9. The summed E-state index contributed by atoms with van der Waals surface area (Å²) >= 11 is 0. The molecule has 1 aliphatic carbocycles. The fraction of sp³-hybridized carbons (Fsp3) is 0.316. The highest BCUT2D eigenvalue weighted by atomic mass is 19.4. The van der Waals surface area contributed by atoms with Gasteiger partial charge in [-0.3, -0.25) is 9.59 Å². The molecule has 1 heterocycles. The molecule has 0 atom stereocenters. The molecule has 29 heavy (non-hydrogen) atoms. The van der Waals surface area contributed by atoms with Gasteiger partial charge in [-0.15, -0.1) is 13.2 Å². The van der Waals surface area contributed by atoms with E-state index in [4.69, 9.17) is 4.74 Å². The highest BCUT2D eigenvalue weighted by molar-refractivity contribution is 5.97. The lowest BCUT2D eigenvalue weighted by Crippen LogP contribution is -2.23. The smallest absolute Gasteiger partial charge is 0.496 e. The van der Waals surface area contributed by atoms with Crippen LogP contribution < -0.4 is 20.1 Å². The van der Waals surface area contributed by atoms with Crippen molar-refractivity contribution in [1.29, 1.82) is 0 Å². The number of rotatable bonds is 7. The number of benzene rings is 1. The molecule has 2 amide bonds. The fourth-order valence-electron chi connectivity index (χ4n) is 2.56. The third-order valence-corrected chi connectivity index (χ3v) is 4.15. The largest absolute Gasteiger partial charge is 0.573 e. The molecule has 0 saturated heterocycles. The number of carbonyl (C=O) groups excluding carboxylic acids is 2. The molecular weight excluding hydrogens is 391 g/mol. The van der Waals surface area contributed by atoms with E-state index < -0.39 is 18.0 Å². The number of nitrogens with one attached hydrogen (secondary N) is 2. The number of methoxy groups -OCH3 is 1. The molecule has 1 fully saturated rings. The van der Waals surface area contributed by atoms with Crippen LogP contribution >= 0.6 is 0 Å². The molecule has 2 N–H and O–H groups in total. The van der Waals surface area contributed by atoms with Crippen LogP contribution in [0.25, 0.3) is 0 Å². The molecule has 7 nitrogen and oxygen atoms in total. The van der Waals surface area contributed by atoms with E-state index in [0.29, 0.717) is 5.56 Å². The van der Waals surface area contributed by atoms with Crippen LogP contribution in [-0.2, 0) is 11.3 Å². The van der Waals surface area contributed by atoms with Gasteiger partial charge < -0.3 is 20.1 Å². The topological polar surface area (TPSA) is 89.6 Å². The Kier molecular flexibility index (Phi) is 5.90. The normalized spacial score (nSPS) is 13.5. The first-order chi connectivity index (χ1) is 13.7. The summed E-state index contributed by atoms with van der Waals surface area (Å²) in [6.07, 6.45) is -1.71. The average Bonchev–Trinajstić information content (AvgIpc) is 3.51. The molecule has 0 aliphatic heterocycles. The van der Waals surface area contributed by atoms with Crippen LogP contribution in [0.15, 0.2) is 36.5 Å². The molecule has 0 unspecified atom stereocenters. The Hall–Kier alpha value is -3.30. The minimum Gasteiger partial charge on any atom is -0.496 e. The van der Waals surface area contributed by atoms with Crippen molar-refractivity contribution in [2.24, 2.45) is 5.92 Å². The summed E-state index contributed by atoms with van der Waals surface area (Å²) in [7, 11) is 1.30. The van der Waals surface area contributed by atoms with Gasteiger partial charge in [-0.1, -0.05) is 0 Å². The number of alkyl halides is 3. The zero-order valence-corrected chi connectivity index (χ0v) is 15.4. The Morgan fingerprint density at radius 3 is 2.62 bits per heavy atom. The highest BCUT2D eigenvalue weighted by Crippen LogP contribution is 2.30. The quantitative estimate of drug-likeness (QED) is 0.733. The van der Waals surface area contributed by atoms with Gasteiger partial charge in [-0.05, 0) is 37.1 Å². The van der Waals surface area contributed by atoms with Gasteiger partial charge in [0.05, 0.1) is 7.11 Å². The van der Waals surface area contributed by atoms with Crippen LogP contribution in [0, 0.1) is 5.92 Å². The number of halogens is 3. The molecule has 1 aromatic heterocycles. The fourth-order valence-corrected chi connectivity index (χ4v) is 2.56. The number of amides is 2. The third kappa shape index (κ3) is 5.84. The predicted octanol–water partition coefficient (Wildman–Crippen LogP) is 3.27. The molecule has 0 radical (unpaired) electrons. The van der Waals surface area contributed by atoms with E-state index in [1.165, 1.54) is 31.5 Å². The van der Waals surface area contributed by atoms with Gasteiger partial charge in [-0.2, -0.15) is 0 Å². The minimum absolute atomic E-state index is 0.00560. The van der Waals surface area contributed by atoms with Crippen LogP contribution in [0.5, 0.6) is 11.5 Å². The lowest BCUT2D eigenvalue weighted by Gasteiger charge is -2.13. The second kappa shape index (κ2) is 8.38. The first-order valence-electron chi connectivity index (χ1n) is 8.73. The number of ether oxygens (including phenoxy) is 2. The Bertz CT molecular complexity index is 914. The minimum atomic E-state index is -4.81. The van der Waals surface area contributed by atoms with Crippen molar-refractivity contribution in [3.05, 3.63) is 47.7 Å². The lowest BCUT2D eigenvalue weighted by molar-refractivity contribution is -0.274. The second-order valence-corrected chi connectivity index (χ2v) is 6.40. The van der Waals surface area contributed by atoms with Crippen LogP contribution in [-0.4, -0.2) is 30.3 Å². The van der Waals surface area contributed by atoms with Crippen LogP contribution in [0.4, 0.5) is 19.0 Å². The van der Waals surface area contributed by atoms with Crippen LogP contribution in [0.1, 0.15) is 28.8 Å². The van der Waals surface area contributed by atoms with Gasteiger partial charge in [0.2, 0.25) is 5.91 Å². The molecule has 1 aliphatic rings. The maximum absolute atomic E-state index is 12.4. The number of hydrogen-bond donors (Lipinski definition) is 2. The Morgan fingerprint density at radius 1 is 1.21 bits per heavy atom. The van der Waals surface area contributed by atoms with Gasteiger partial charge in [0.25, 0.3) is 5.91 Å². The number of hydrogen-bond acceptors (Lipinski definition) is 5. The Balaban J connectivity index is 1.63. The summed E-state index contributed by atoms with van der Waals surface area (Å²) in [5, 5.41) is 5.31. The summed E-state index contributed by atoms with van der Waals surface area (Å²) in [4.78, 5) is 28.2. The van der Waals surface area contributed by atoms with Crippen molar-refractivity contribution in [3.63, 3.8) is 0 Å². The SMILES string of the molecule is COc1cc(OC(F)(F)F)ccc1CNC(=O)c1ccnc(NC(=O)C2CC2)c1. The van der Waals surface area contributed by atoms with E-state index in [-0.39, 0.29) is 35.5 Å². The van der Waals surface area contributed by atoms with E-state index in [1.54, 1.807) is 0 Å². The van der Waals surface area contributed by atoms with E-state index in [9.17, 15) is 22.8 Å². The Labute approximate surface area is 164 Å². The van der Waals surface area contributed by atoms with Gasteiger partial charge >= 0.3 is 6.36 Å². The molecule has 1 aromatic carbocycles. The van der Waals surface area contributed by atoms with E-state index in [0.717, 1.165) is 25.0 Å². The second-order valence-electron chi connectivity index (χ2n) is 6.40. The molecular formula is C19H18F3N3O4. The van der Waals surface area contributed by atoms with Crippen LogP contribution in [0.2, 0.25) is 0 Å². The van der Waals surface area contributed by atoms with Gasteiger partial charge in [0.1, 0.15) is 17.3 Å². The first kappa shape index (κ1) is 20.4.